The van der Waals surface area contributed by atoms with Crippen LogP contribution in [-0.2, 0) is 7.05 Å². The first kappa shape index (κ1) is 14.4. The lowest BCUT2D eigenvalue weighted by atomic mass is 9.95. The molecule has 0 saturated carbocycles. The molecule has 24 heavy (non-hydrogen) atoms. The fourth-order valence-electron chi connectivity index (χ4n) is 2.96. The summed E-state index contributed by atoms with van der Waals surface area (Å²) in [5.74, 6) is -0.348. The van der Waals surface area contributed by atoms with Crippen LogP contribution in [0.1, 0.15) is 0 Å². The Labute approximate surface area is 137 Å². The fourth-order valence-corrected chi connectivity index (χ4v) is 2.96. The highest BCUT2D eigenvalue weighted by atomic mass is 19.1. The second-order valence-electron chi connectivity index (χ2n) is 5.68. The summed E-state index contributed by atoms with van der Waals surface area (Å²) in [6, 6.07) is 13.9. The maximum Gasteiger partial charge on any atom is 0.258 e. The number of pyridine rings is 1. The van der Waals surface area contributed by atoms with E-state index < -0.39 is 0 Å². The van der Waals surface area contributed by atoms with Crippen molar-refractivity contribution in [2.45, 2.75) is 0 Å². The molecule has 0 amide bonds. The first-order chi connectivity index (χ1) is 11.6. The average Bonchev–Trinajstić information content (AvgIpc) is 3.01. The van der Waals surface area contributed by atoms with E-state index in [0.717, 1.165) is 5.56 Å². The van der Waals surface area contributed by atoms with Gasteiger partial charge in [-0.2, -0.15) is 0 Å². The quantitative estimate of drug-likeness (QED) is 0.612. The van der Waals surface area contributed by atoms with Crippen LogP contribution in [0.25, 0.3) is 33.3 Å². The molecule has 2 aromatic heterocycles. The molecule has 118 valence electrons. The van der Waals surface area contributed by atoms with E-state index in [4.69, 9.17) is 0 Å². The van der Waals surface area contributed by atoms with Gasteiger partial charge in [0, 0.05) is 29.7 Å². The summed E-state index contributed by atoms with van der Waals surface area (Å²) in [7, 11) is 1.84. The van der Waals surface area contributed by atoms with E-state index in [1.165, 1.54) is 12.1 Å². The van der Waals surface area contributed by atoms with E-state index in [1.54, 1.807) is 23.2 Å². The van der Waals surface area contributed by atoms with E-state index in [1.807, 2.05) is 37.4 Å². The van der Waals surface area contributed by atoms with Crippen LogP contribution in [0.4, 0.5) is 4.39 Å². The van der Waals surface area contributed by atoms with Crippen molar-refractivity contribution in [2.24, 2.45) is 7.05 Å². The van der Waals surface area contributed by atoms with Gasteiger partial charge in [0.05, 0.1) is 17.6 Å². The van der Waals surface area contributed by atoms with Gasteiger partial charge in [-0.1, -0.05) is 30.3 Å². The molecule has 0 spiro atoms. The second kappa shape index (κ2) is 5.45. The lowest BCUT2D eigenvalue weighted by Gasteiger charge is -2.12. The topological polar surface area (TPSA) is 50.7 Å². The molecule has 0 aliphatic carbocycles. The van der Waals surface area contributed by atoms with Gasteiger partial charge in [-0.25, -0.2) is 9.37 Å². The minimum atomic E-state index is -0.348. The van der Waals surface area contributed by atoms with E-state index in [-0.39, 0.29) is 11.4 Å². The van der Waals surface area contributed by atoms with E-state index in [0.29, 0.717) is 27.7 Å². The molecule has 0 aliphatic heterocycles. The molecule has 4 nitrogen and oxygen atoms in total. The summed E-state index contributed by atoms with van der Waals surface area (Å²) < 4.78 is 15.6. The Morgan fingerprint density at radius 3 is 2.58 bits per heavy atom. The van der Waals surface area contributed by atoms with Crippen LogP contribution in [0.15, 0.2) is 65.8 Å². The largest absolute Gasteiger partial charge is 0.340 e. The number of rotatable bonds is 2. The first-order valence-electron chi connectivity index (χ1n) is 7.53. The third-order valence-corrected chi connectivity index (χ3v) is 4.00. The van der Waals surface area contributed by atoms with E-state index in [9.17, 15) is 9.18 Å². The Bertz CT molecular complexity index is 1100. The Morgan fingerprint density at radius 2 is 1.88 bits per heavy atom. The number of halogens is 1. The van der Waals surface area contributed by atoms with Crippen molar-refractivity contribution in [3.05, 3.63) is 77.2 Å². The molecule has 1 N–H and O–H groups in total. The van der Waals surface area contributed by atoms with Crippen LogP contribution in [-0.4, -0.2) is 14.5 Å². The summed E-state index contributed by atoms with van der Waals surface area (Å²) in [5.41, 5.74) is 2.89. The zero-order valence-corrected chi connectivity index (χ0v) is 13.0. The molecular formula is C19H14FN3O. The number of benzene rings is 2. The number of fused-ring (bicyclic) bond motifs is 1. The molecule has 0 unspecified atom stereocenters. The number of nitrogens with zero attached hydrogens (tertiary/aromatic N) is 2. The smallest absolute Gasteiger partial charge is 0.258 e. The summed E-state index contributed by atoms with van der Waals surface area (Å²) in [5, 5.41) is 0.654. The van der Waals surface area contributed by atoms with Crippen molar-refractivity contribution in [1.29, 1.82) is 0 Å². The normalized spacial score (nSPS) is 11.1. The molecule has 2 heterocycles. The highest BCUT2D eigenvalue weighted by molar-refractivity contribution is 6.01. The van der Waals surface area contributed by atoms with Crippen molar-refractivity contribution in [3.63, 3.8) is 0 Å². The summed E-state index contributed by atoms with van der Waals surface area (Å²) >= 11 is 0. The molecule has 0 bridgehead atoms. The van der Waals surface area contributed by atoms with Gasteiger partial charge < -0.3 is 9.55 Å². The maximum absolute atomic E-state index is 13.9. The fraction of sp³-hybridized carbons (Fsp3) is 0.0526. The standard InChI is InChI=1S/C19H14FN3O/c1-23-10-16(21-11-23)18-17(12-5-3-2-4-6-12)14-9-13(20)7-8-15(14)22-19(18)24/h2-11H,1H3,(H,22,24). The molecule has 0 atom stereocenters. The highest BCUT2D eigenvalue weighted by Gasteiger charge is 2.18. The minimum Gasteiger partial charge on any atom is -0.340 e. The second-order valence-corrected chi connectivity index (χ2v) is 5.68. The van der Waals surface area contributed by atoms with Crippen molar-refractivity contribution >= 4 is 10.9 Å². The van der Waals surface area contributed by atoms with Gasteiger partial charge in [-0.05, 0) is 23.8 Å². The molecule has 4 aromatic rings. The Hall–Kier alpha value is -3.21. The zero-order chi connectivity index (χ0) is 16.7. The molecule has 0 saturated heterocycles. The van der Waals surface area contributed by atoms with Gasteiger partial charge in [0.2, 0.25) is 0 Å². The molecule has 0 radical (unpaired) electrons. The minimum absolute atomic E-state index is 0.244. The van der Waals surface area contributed by atoms with E-state index >= 15 is 0 Å². The van der Waals surface area contributed by atoms with Crippen molar-refractivity contribution in [1.82, 2.24) is 14.5 Å². The first-order valence-corrected chi connectivity index (χ1v) is 7.53. The molecule has 4 rings (SSSR count). The number of H-pyrrole nitrogens is 1. The summed E-state index contributed by atoms with van der Waals surface area (Å²) in [4.78, 5) is 19.9. The van der Waals surface area contributed by atoms with Crippen LogP contribution in [0.5, 0.6) is 0 Å². The lowest BCUT2D eigenvalue weighted by Crippen LogP contribution is -2.11. The Balaban J connectivity index is 2.18. The maximum atomic E-state index is 13.9. The molecule has 0 fully saturated rings. The van der Waals surface area contributed by atoms with Gasteiger partial charge in [0.15, 0.2) is 0 Å². The zero-order valence-electron chi connectivity index (χ0n) is 13.0. The number of hydrogen-bond acceptors (Lipinski definition) is 2. The third kappa shape index (κ3) is 2.31. The van der Waals surface area contributed by atoms with E-state index in [2.05, 4.69) is 9.97 Å². The van der Waals surface area contributed by atoms with Crippen LogP contribution in [0.2, 0.25) is 0 Å². The van der Waals surface area contributed by atoms with Gasteiger partial charge in [-0.15, -0.1) is 0 Å². The molecule has 5 heteroatoms. The lowest BCUT2D eigenvalue weighted by molar-refractivity contribution is 0.629. The van der Waals surface area contributed by atoms with Crippen LogP contribution >= 0.6 is 0 Å². The third-order valence-electron chi connectivity index (χ3n) is 4.00. The SMILES string of the molecule is Cn1cnc(-c2c(-c3ccccc3)c3cc(F)ccc3[nH]c2=O)c1. The predicted molar refractivity (Wildman–Crippen MR) is 92.2 cm³/mol. The molecular weight excluding hydrogens is 305 g/mol. The Morgan fingerprint density at radius 1 is 1.08 bits per heavy atom. The predicted octanol–water partition coefficient (Wildman–Crippen LogP) is 3.73. The van der Waals surface area contributed by atoms with Gasteiger partial charge in [-0.3, -0.25) is 4.79 Å². The van der Waals surface area contributed by atoms with Gasteiger partial charge in [0.1, 0.15) is 5.82 Å². The number of imidazole rings is 1. The Kier molecular flexibility index (Phi) is 3.27. The van der Waals surface area contributed by atoms with Crippen molar-refractivity contribution in [2.75, 3.05) is 0 Å². The number of aryl methyl sites for hydroxylation is 1. The highest BCUT2D eigenvalue weighted by Crippen LogP contribution is 2.34. The average molecular weight is 319 g/mol. The van der Waals surface area contributed by atoms with Gasteiger partial charge in [0.25, 0.3) is 5.56 Å². The van der Waals surface area contributed by atoms with Crippen molar-refractivity contribution < 1.29 is 4.39 Å². The number of hydrogen-bond donors (Lipinski definition) is 1. The summed E-state index contributed by atoms with van der Waals surface area (Å²) in [6.07, 6.45) is 3.42. The molecule has 0 aliphatic rings. The molecule has 2 aromatic carbocycles. The van der Waals surface area contributed by atoms with Crippen LogP contribution in [0.3, 0.4) is 0 Å². The van der Waals surface area contributed by atoms with Gasteiger partial charge >= 0.3 is 0 Å². The van der Waals surface area contributed by atoms with Crippen LogP contribution < -0.4 is 5.56 Å². The summed E-state index contributed by atoms with van der Waals surface area (Å²) in [6.45, 7) is 0. The number of aromatic nitrogens is 3. The number of nitrogens with one attached hydrogen (secondary N) is 1. The number of aromatic amines is 1. The monoisotopic (exact) mass is 319 g/mol. The van der Waals surface area contributed by atoms with Crippen LogP contribution in [0, 0.1) is 5.82 Å². The van der Waals surface area contributed by atoms with Crippen molar-refractivity contribution in [3.8, 4) is 22.4 Å².